The molecule has 1 amide bonds. The van der Waals surface area contributed by atoms with Crippen molar-refractivity contribution in [2.75, 3.05) is 19.7 Å². The van der Waals surface area contributed by atoms with E-state index in [0.29, 0.717) is 25.0 Å². The average molecular weight is 214 g/mol. The average Bonchev–Trinajstić information content (AvgIpc) is 2.96. The van der Waals surface area contributed by atoms with Crippen LogP contribution in [0.3, 0.4) is 0 Å². The van der Waals surface area contributed by atoms with Crippen LogP contribution in [0.15, 0.2) is 0 Å². The van der Waals surface area contributed by atoms with Crippen molar-refractivity contribution in [3.05, 3.63) is 0 Å². The van der Waals surface area contributed by atoms with Crippen molar-refractivity contribution in [1.82, 2.24) is 10.2 Å². The molecule has 1 rings (SSSR count). The van der Waals surface area contributed by atoms with Crippen LogP contribution in [-0.2, 0) is 4.79 Å². The van der Waals surface area contributed by atoms with Crippen molar-refractivity contribution in [2.45, 2.75) is 45.2 Å². The van der Waals surface area contributed by atoms with Crippen LogP contribution in [0.4, 0.5) is 0 Å². The van der Waals surface area contributed by atoms with Crippen molar-refractivity contribution in [3.8, 4) is 0 Å². The van der Waals surface area contributed by atoms with Crippen molar-refractivity contribution < 1.29 is 9.90 Å². The standard InChI is InChI=1S/C11H22N2O2/c1-9(2)12-6-5-11(15)13(7-8-14)10-3-4-10/h9-10,12,14H,3-8H2,1-2H3. The number of aliphatic hydroxyl groups is 1. The number of nitrogens with zero attached hydrogens (tertiary/aromatic N) is 1. The smallest absolute Gasteiger partial charge is 0.224 e. The Morgan fingerprint density at radius 1 is 1.53 bits per heavy atom. The van der Waals surface area contributed by atoms with Crippen molar-refractivity contribution in [3.63, 3.8) is 0 Å². The Balaban J connectivity index is 2.23. The van der Waals surface area contributed by atoms with Crippen LogP contribution in [0.5, 0.6) is 0 Å². The minimum absolute atomic E-state index is 0.0693. The van der Waals surface area contributed by atoms with Gasteiger partial charge in [-0.15, -0.1) is 0 Å². The number of rotatable bonds is 7. The van der Waals surface area contributed by atoms with Gasteiger partial charge in [0.25, 0.3) is 0 Å². The van der Waals surface area contributed by atoms with Crippen LogP contribution in [-0.4, -0.2) is 47.7 Å². The Morgan fingerprint density at radius 3 is 2.67 bits per heavy atom. The van der Waals surface area contributed by atoms with Gasteiger partial charge >= 0.3 is 0 Å². The van der Waals surface area contributed by atoms with Crippen LogP contribution in [0, 0.1) is 0 Å². The molecule has 1 fully saturated rings. The molecule has 0 aromatic carbocycles. The second kappa shape index (κ2) is 6.08. The van der Waals surface area contributed by atoms with Gasteiger partial charge in [0, 0.05) is 31.6 Å². The summed E-state index contributed by atoms with van der Waals surface area (Å²) in [6.07, 6.45) is 2.74. The van der Waals surface area contributed by atoms with Gasteiger partial charge in [0.2, 0.25) is 5.91 Å². The third-order valence-corrected chi connectivity index (χ3v) is 2.54. The van der Waals surface area contributed by atoms with Crippen LogP contribution in [0.1, 0.15) is 33.1 Å². The van der Waals surface area contributed by atoms with Gasteiger partial charge in [0.1, 0.15) is 0 Å². The summed E-state index contributed by atoms with van der Waals surface area (Å²) in [6, 6.07) is 0.828. The van der Waals surface area contributed by atoms with E-state index in [-0.39, 0.29) is 12.5 Å². The zero-order valence-electron chi connectivity index (χ0n) is 9.70. The van der Waals surface area contributed by atoms with Crippen LogP contribution >= 0.6 is 0 Å². The van der Waals surface area contributed by atoms with Crippen molar-refractivity contribution in [1.29, 1.82) is 0 Å². The van der Waals surface area contributed by atoms with Gasteiger partial charge in [-0.2, -0.15) is 0 Å². The molecular formula is C11H22N2O2. The number of carbonyl (C=O) groups excluding carboxylic acids is 1. The normalized spacial score (nSPS) is 15.7. The van der Waals surface area contributed by atoms with Gasteiger partial charge in [0.15, 0.2) is 0 Å². The summed E-state index contributed by atoms with van der Waals surface area (Å²) in [5.41, 5.74) is 0. The van der Waals surface area contributed by atoms with Crippen LogP contribution in [0.2, 0.25) is 0 Å². The topological polar surface area (TPSA) is 52.6 Å². The molecule has 1 aliphatic carbocycles. The molecule has 4 nitrogen and oxygen atoms in total. The van der Waals surface area contributed by atoms with Crippen molar-refractivity contribution in [2.24, 2.45) is 0 Å². The lowest BCUT2D eigenvalue weighted by molar-refractivity contribution is -0.132. The molecule has 2 N–H and O–H groups in total. The fraction of sp³-hybridized carbons (Fsp3) is 0.909. The summed E-state index contributed by atoms with van der Waals surface area (Å²) >= 11 is 0. The van der Waals surface area contributed by atoms with E-state index in [1.165, 1.54) is 0 Å². The van der Waals surface area contributed by atoms with E-state index in [1.54, 1.807) is 0 Å². The molecule has 0 aromatic rings. The molecule has 0 aliphatic heterocycles. The lowest BCUT2D eigenvalue weighted by Gasteiger charge is -2.21. The number of nitrogens with one attached hydrogen (secondary N) is 1. The number of amides is 1. The summed E-state index contributed by atoms with van der Waals surface area (Å²) in [5.74, 6) is 0.166. The summed E-state index contributed by atoms with van der Waals surface area (Å²) in [4.78, 5) is 13.6. The predicted octanol–water partition coefficient (Wildman–Crippen LogP) is 0.358. The maximum atomic E-state index is 11.8. The van der Waals surface area contributed by atoms with E-state index < -0.39 is 0 Å². The Labute approximate surface area is 91.6 Å². The zero-order valence-corrected chi connectivity index (χ0v) is 9.70. The van der Waals surface area contributed by atoms with Gasteiger partial charge in [0.05, 0.1) is 6.61 Å². The van der Waals surface area contributed by atoms with Gasteiger partial charge < -0.3 is 15.3 Å². The first-order valence-corrected chi connectivity index (χ1v) is 5.79. The predicted molar refractivity (Wildman–Crippen MR) is 59.6 cm³/mol. The fourth-order valence-electron chi connectivity index (χ4n) is 1.62. The molecule has 1 aliphatic rings. The second-order valence-electron chi connectivity index (χ2n) is 4.40. The lowest BCUT2D eigenvalue weighted by atomic mass is 10.3. The molecule has 0 saturated heterocycles. The fourth-order valence-corrected chi connectivity index (χ4v) is 1.62. The van der Waals surface area contributed by atoms with E-state index >= 15 is 0 Å². The highest BCUT2D eigenvalue weighted by Gasteiger charge is 2.31. The molecule has 0 spiro atoms. The summed E-state index contributed by atoms with van der Waals surface area (Å²) < 4.78 is 0. The highest BCUT2D eigenvalue weighted by molar-refractivity contribution is 5.77. The Kier molecular flexibility index (Phi) is 5.05. The summed E-state index contributed by atoms with van der Waals surface area (Å²) in [6.45, 7) is 5.42. The highest BCUT2D eigenvalue weighted by Crippen LogP contribution is 2.26. The summed E-state index contributed by atoms with van der Waals surface area (Å²) in [5, 5.41) is 12.1. The Hall–Kier alpha value is -0.610. The van der Waals surface area contributed by atoms with E-state index in [2.05, 4.69) is 19.2 Å². The molecule has 88 valence electrons. The molecule has 0 atom stereocenters. The third kappa shape index (κ3) is 4.62. The maximum absolute atomic E-state index is 11.8. The first kappa shape index (κ1) is 12.5. The van der Waals surface area contributed by atoms with Gasteiger partial charge in [-0.25, -0.2) is 0 Å². The van der Waals surface area contributed by atoms with E-state index in [4.69, 9.17) is 5.11 Å². The minimum Gasteiger partial charge on any atom is -0.395 e. The Morgan fingerprint density at radius 2 is 2.20 bits per heavy atom. The van der Waals surface area contributed by atoms with Gasteiger partial charge in [-0.05, 0) is 12.8 Å². The molecular weight excluding hydrogens is 192 g/mol. The molecule has 0 radical (unpaired) electrons. The van der Waals surface area contributed by atoms with Crippen LogP contribution in [0.25, 0.3) is 0 Å². The number of aliphatic hydroxyl groups excluding tert-OH is 1. The zero-order chi connectivity index (χ0) is 11.3. The van der Waals surface area contributed by atoms with Crippen molar-refractivity contribution >= 4 is 5.91 Å². The first-order chi connectivity index (χ1) is 7.15. The quantitative estimate of drug-likeness (QED) is 0.643. The molecule has 0 unspecified atom stereocenters. The monoisotopic (exact) mass is 214 g/mol. The number of hydrogen-bond acceptors (Lipinski definition) is 3. The van der Waals surface area contributed by atoms with Gasteiger partial charge in [-0.1, -0.05) is 13.8 Å². The van der Waals surface area contributed by atoms with Crippen LogP contribution < -0.4 is 5.32 Å². The maximum Gasteiger partial charge on any atom is 0.224 e. The highest BCUT2D eigenvalue weighted by atomic mass is 16.3. The Bertz CT molecular complexity index is 203. The van der Waals surface area contributed by atoms with E-state index in [1.807, 2.05) is 4.90 Å². The summed E-state index contributed by atoms with van der Waals surface area (Å²) in [7, 11) is 0. The number of carbonyl (C=O) groups is 1. The van der Waals surface area contributed by atoms with Gasteiger partial charge in [-0.3, -0.25) is 4.79 Å². The minimum atomic E-state index is 0.0693. The molecule has 4 heteroatoms. The van der Waals surface area contributed by atoms with E-state index in [0.717, 1.165) is 19.4 Å². The SMILES string of the molecule is CC(C)NCCC(=O)N(CCO)C1CC1. The second-order valence-corrected chi connectivity index (χ2v) is 4.40. The molecule has 0 aromatic heterocycles. The first-order valence-electron chi connectivity index (χ1n) is 5.79. The molecule has 1 saturated carbocycles. The molecule has 0 heterocycles. The van der Waals surface area contributed by atoms with E-state index in [9.17, 15) is 4.79 Å². The number of hydrogen-bond donors (Lipinski definition) is 2. The largest absolute Gasteiger partial charge is 0.395 e. The third-order valence-electron chi connectivity index (χ3n) is 2.54. The lowest BCUT2D eigenvalue weighted by Crippen LogP contribution is -2.37. The molecule has 0 bridgehead atoms. The molecule has 15 heavy (non-hydrogen) atoms.